The van der Waals surface area contributed by atoms with Crippen LogP contribution in [0.2, 0.25) is 0 Å². The third-order valence-electron chi connectivity index (χ3n) is 2.61. The highest BCUT2D eigenvalue weighted by atomic mass is 16.2. The van der Waals surface area contributed by atoms with Gasteiger partial charge in [-0.05, 0) is 18.6 Å². The van der Waals surface area contributed by atoms with Gasteiger partial charge in [-0.15, -0.1) is 0 Å². The van der Waals surface area contributed by atoms with Crippen LogP contribution in [0.15, 0.2) is 36.5 Å². The topological polar surface area (TPSA) is 71.1 Å². The molecule has 0 radical (unpaired) electrons. The van der Waals surface area contributed by atoms with Crippen molar-refractivity contribution in [1.82, 2.24) is 10.3 Å². The summed E-state index contributed by atoms with van der Waals surface area (Å²) in [5, 5.41) is 5.85. The number of amides is 3. The lowest BCUT2D eigenvalue weighted by atomic mass is 10.2. The lowest BCUT2D eigenvalue weighted by molar-refractivity contribution is -0.119. The summed E-state index contributed by atoms with van der Waals surface area (Å²) in [6, 6.07) is 8.70. The van der Waals surface area contributed by atoms with Crippen LogP contribution in [0.1, 0.15) is 19.8 Å². The summed E-state index contributed by atoms with van der Waals surface area (Å²) in [4.78, 5) is 27.2. The van der Waals surface area contributed by atoms with Gasteiger partial charge < -0.3 is 5.32 Å². The predicted molar refractivity (Wildman–Crippen MR) is 73.8 cm³/mol. The summed E-state index contributed by atoms with van der Waals surface area (Å²) in [6.45, 7) is 1.88. The number of carbonyl (C=O) groups is 2. The van der Waals surface area contributed by atoms with Crippen LogP contribution in [0.5, 0.6) is 0 Å². The van der Waals surface area contributed by atoms with E-state index in [1.54, 1.807) is 12.3 Å². The molecule has 0 saturated heterocycles. The highest BCUT2D eigenvalue weighted by molar-refractivity contribution is 6.05. The Kier molecular flexibility index (Phi) is 4.07. The minimum atomic E-state index is -0.531. The molecule has 3 amide bonds. The second-order valence-corrected chi connectivity index (χ2v) is 4.13. The fraction of sp³-hybridized carbons (Fsp3) is 0.214. The van der Waals surface area contributed by atoms with Crippen LogP contribution < -0.4 is 10.6 Å². The summed E-state index contributed by atoms with van der Waals surface area (Å²) >= 11 is 0. The number of urea groups is 1. The fourth-order valence-electron chi connectivity index (χ4n) is 1.77. The van der Waals surface area contributed by atoms with Gasteiger partial charge in [0.25, 0.3) is 0 Å². The van der Waals surface area contributed by atoms with Crippen molar-refractivity contribution in [3.8, 4) is 0 Å². The highest BCUT2D eigenvalue weighted by Gasteiger charge is 2.09. The van der Waals surface area contributed by atoms with Gasteiger partial charge in [0.05, 0.1) is 11.2 Å². The fourth-order valence-corrected chi connectivity index (χ4v) is 1.77. The predicted octanol–water partition coefficient (Wildman–Crippen LogP) is 2.68. The molecule has 5 nitrogen and oxygen atoms in total. The molecule has 2 aromatic rings. The van der Waals surface area contributed by atoms with Crippen LogP contribution in [-0.2, 0) is 4.79 Å². The number of pyridine rings is 1. The van der Waals surface area contributed by atoms with Crippen LogP contribution in [-0.4, -0.2) is 16.9 Å². The Labute approximate surface area is 111 Å². The number of carbonyl (C=O) groups excluding carboxylic acids is 2. The van der Waals surface area contributed by atoms with Gasteiger partial charge in [0.1, 0.15) is 0 Å². The number of hydrogen-bond acceptors (Lipinski definition) is 3. The van der Waals surface area contributed by atoms with E-state index < -0.39 is 6.03 Å². The molecule has 2 N–H and O–H groups in total. The Morgan fingerprint density at radius 2 is 2.00 bits per heavy atom. The van der Waals surface area contributed by atoms with E-state index in [1.807, 2.05) is 31.2 Å². The molecule has 0 fully saturated rings. The molecule has 0 aliphatic rings. The normalized spacial score (nSPS) is 10.2. The van der Waals surface area contributed by atoms with E-state index in [4.69, 9.17) is 0 Å². The number of anilines is 1. The molecule has 0 aliphatic carbocycles. The molecule has 1 heterocycles. The molecule has 5 heteroatoms. The first kappa shape index (κ1) is 13.0. The van der Waals surface area contributed by atoms with Gasteiger partial charge in [-0.2, -0.15) is 0 Å². The number of nitrogens with zero attached hydrogens (tertiary/aromatic N) is 1. The second kappa shape index (κ2) is 5.95. The minimum Gasteiger partial charge on any atom is -0.306 e. The van der Waals surface area contributed by atoms with Crippen molar-refractivity contribution in [2.45, 2.75) is 19.8 Å². The first-order valence-electron chi connectivity index (χ1n) is 6.15. The van der Waals surface area contributed by atoms with E-state index in [-0.39, 0.29) is 5.91 Å². The zero-order chi connectivity index (χ0) is 13.7. The smallest absolute Gasteiger partial charge is 0.306 e. The van der Waals surface area contributed by atoms with Crippen LogP contribution in [0.4, 0.5) is 10.5 Å². The Balaban J connectivity index is 2.13. The van der Waals surface area contributed by atoms with Gasteiger partial charge in [-0.3, -0.25) is 15.1 Å². The Hall–Kier alpha value is -2.43. The zero-order valence-corrected chi connectivity index (χ0v) is 10.6. The van der Waals surface area contributed by atoms with E-state index in [2.05, 4.69) is 15.6 Å². The molecule has 98 valence electrons. The van der Waals surface area contributed by atoms with E-state index in [0.29, 0.717) is 24.0 Å². The van der Waals surface area contributed by atoms with Crippen molar-refractivity contribution in [2.24, 2.45) is 0 Å². The van der Waals surface area contributed by atoms with E-state index in [1.165, 1.54) is 0 Å². The Morgan fingerprint density at radius 1 is 1.21 bits per heavy atom. The van der Waals surface area contributed by atoms with Gasteiger partial charge in [-0.25, -0.2) is 4.79 Å². The molecule has 19 heavy (non-hydrogen) atoms. The molecule has 0 saturated carbocycles. The maximum atomic E-state index is 11.7. The summed E-state index contributed by atoms with van der Waals surface area (Å²) in [5.41, 5.74) is 1.28. The van der Waals surface area contributed by atoms with E-state index in [0.717, 1.165) is 5.39 Å². The number of imide groups is 1. The molecule has 0 bridgehead atoms. The number of hydrogen-bond donors (Lipinski definition) is 2. The highest BCUT2D eigenvalue weighted by Crippen LogP contribution is 2.20. The number of para-hydroxylation sites is 1. The Morgan fingerprint density at radius 3 is 2.79 bits per heavy atom. The van der Waals surface area contributed by atoms with Crippen LogP contribution in [0.3, 0.4) is 0 Å². The maximum Gasteiger partial charge on any atom is 0.325 e. The number of nitrogens with one attached hydrogen (secondary N) is 2. The van der Waals surface area contributed by atoms with Crippen molar-refractivity contribution < 1.29 is 9.59 Å². The third kappa shape index (κ3) is 3.28. The van der Waals surface area contributed by atoms with Crippen LogP contribution in [0.25, 0.3) is 10.9 Å². The van der Waals surface area contributed by atoms with Crippen molar-refractivity contribution in [3.63, 3.8) is 0 Å². The third-order valence-corrected chi connectivity index (χ3v) is 2.61. The molecule has 0 spiro atoms. The van der Waals surface area contributed by atoms with Gasteiger partial charge in [-0.1, -0.05) is 25.1 Å². The molecular formula is C14H15N3O2. The SMILES string of the molecule is CCCC(=O)NC(=O)Nc1cccc2cccnc12. The summed E-state index contributed by atoms with van der Waals surface area (Å²) in [5.74, 6) is -0.284. The largest absolute Gasteiger partial charge is 0.325 e. The van der Waals surface area contributed by atoms with Crippen molar-refractivity contribution in [3.05, 3.63) is 36.5 Å². The van der Waals surface area contributed by atoms with E-state index in [9.17, 15) is 9.59 Å². The average molecular weight is 257 g/mol. The maximum absolute atomic E-state index is 11.7. The first-order chi connectivity index (χ1) is 9.20. The van der Waals surface area contributed by atoms with Crippen molar-refractivity contribution in [1.29, 1.82) is 0 Å². The Bertz CT molecular complexity index is 605. The molecule has 0 atom stereocenters. The molecular weight excluding hydrogens is 242 g/mol. The first-order valence-corrected chi connectivity index (χ1v) is 6.15. The van der Waals surface area contributed by atoms with Crippen molar-refractivity contribution in [2.75, 3.05) is 5.32 Å². The second-order valence-electron chi connectivity index (χ2n) is 4.13. The molecule has 0 unspecified atom stereocenters. The summed E-state index contributed by atoms with van der Waals surface area (Å²) in [6.07, 6.45) is 2.70. The molecule has 1 aromatic carbocycles. The van der Waals surface area contributed by atoms with Crippen molar-refractivity contribution >= 4 is 28.5 Å². The van der Waals surface area contributed by atoms with E-state index >= 15 is 0 Å². The average Bonchev–Trinajstić information content (AvgIpc) is 2.39. The standard InChI is InChI=1S/C14H15N3O2/c1-2-5-12(18)17-14(19)16-11-8-3-6-10-7-4-9-15-13(10)11/h3-4,6-9H,2,5H2,1H3,(H2,16,17,18,19). The summed E-state index contributed by atoms with van der Waals surface area (Å²) in [7, 11) is 0. The molecule has 1 aromatic heterocycles. The minimum absolute atomic E-state index is 0.284. The summed E-state index contributed by atoms with van der Waals surface area (Å²) < 4.78 is 0. The van der Waals surface area contributed by atoms with Gasteiger partial charge in [0.2, 0.25) is 5.91 Å². The van der Waals surface area contributed by atoms with Gasteiger partial charge in [0, 0.05) is 18.0 Å². The molecule has 0 aliphatic heterocycles. The number of fused-ring (bicyclic) bond motifs is 1. The van der Waals surface area contributed by atoms with Crippen LogP contribution >= 0.6 is 0 Å². The van der Waals surface area contributed by atoms with Crippen LogP contribution in [0, 0.1) is 0 Å². The van der Waals surface area contributed by atoms with Gasteiger partial charge >= 0.3 is 6.03 Å². The van der Waals surface area contributed by atoms with Gasteiger partial charge in [0.15, 0.2) is 0 Å². The lowest BCUT2D eigenvalue weighted by Crippen LogP contribution is -2.34. The quantitative estimate of drug-likeness (QED) is 0.888. The zero-order valence-electron chi connectivity index (χ0n) is 10.6. The monoisotopic (exact) mass is 257 g/mol. The number of rotatable bonds is 3. The molecule has 2 rings (SSSR count). The lowest BCUT2D eigenvalue weighted by Gasteiger charge is -2.08. The number of benzene rings is 1. The number of aromatic nitrogens is 1.